The fourth-order valence-corrected chi connectivity index (χ4v) is 3.54. The maximum absolute atomic E-state index is 13.5. The van der Waals surface area contributed by atoms with E-state index in [1.54, 1.807) is 12.1 Å². The number of nitrogens with one attached hydrogen (secondary N) is 2. The molecule has 0 aliphatic heterocycles. The Bertz CT molecular complexity index is 827. The normalized spacial score (nSPS) is 12.7. The summed E-state index contributed by atoms with van der Waals surface area (Å²) in [5, 5.41) is 2.37. The van der Waals surface area contributed by atoms with Crippen LogP contribution in [0.15, 0.2) is 53.4 Å². The zero-order chi connectivity index (χ0) is 17.0. The van der Waals surface area contributed by atoms with Gasteiger partial charge < -0.3 is 5.32 Å². The van der Waals surface area contributed by atoms with Gasteiger partial charge in [-0.25, -0.2) is 12.8 Å². The number of sulfonamides is 1. The van der Waals surface area contributed by atoms with E-state index in [1.807, 2.05) is 0 Å². The van der Waals surface area contributed by atoms with Gasteiger partial charge in [-0.1, -0.05) is 35.9 Å². The molecular formula is C15H14ClFN2O3S. The molecular weight excluding hydrogens is 343 g/mol. The van der Waals surface area contributed by atoms with Crippen LogP contribution in [0.4, 0.5) is 10.1 Å². The van der Waals surface area contributed by atoms with E-state index in [4.69, 9.17) is 11.6 Å². The minimum absolute atomic E-state index is 0.0266. The lowest BCUT2D eigenvalue weighted by Gasteiger charge is -2.15. The van der Waals surface area contributed by atoms with E-state index in [1.165, 1.54) is 43.3 Å². The summed E-state index contributed by atoms with van der Waals surface area (Å²) in [5.41, 5.74) is -0.0266. The molecule has 0 spiro atoms. The van der Waals surface area contributed by atoms with Crippen LogP contribution in [0, 0.1) is 5.82 Å². The quantitative estimate of drug-likeness (QED) is 0.865. The molecule has 0 aliphatic rings. The predicted molar refractivity (Wildman–Crippen MR) is 86.3 cm³/mol. The molecule has 0 heterocycles. The van der Waals surface area contributed by atoms with E-state index < -0.39 is 27.8 Å². The lowest BCUT2D eigenvalue weighted by atomic mass is 10.2. The van der Waals surface area contributed by atoms with Gasteiger partial charge in [-0.3, -0.25) is 4.79 Å². The first-order chi connectivity index (χ1) is 10.8. The van der Waals surface area contributed by atoms with Crippen LogP contribution in [0.1, 0.15) is 6.92 Å². The molecule has 8 heteroatoms. The highest BCUT2D eigenvalue weighted by atomic mass is 35.5. The Kier molecular flexibility index (Phi) is 5.35. The lowest BCUT2D eigenvalue weighted by molar-refractivity contribution is -0.117. The number of anilines is 1. The molecule has 122 valence electrons. The minimum atomic E-state index is -3.97. The van der Waals surface area contributed by atoms with Gasteiger partial charge in [0.2, 0.25) is 15.9 Å². The summed E-state index contributed by atoms with van der Waals surface area (Å²) in [6, 6.07) is 10.4. The Hall–Kier alpha value is -1.96. The molecule has 0 saturated carbocycles. The summed E-state index contributed by atoms with van der Waals surface area (Å²) in [6.07, 6.45) is 0. The van der Waals surface area contributed by atoms with Crippen molar-refractivity contribution >= 4 is 33.2 Å². The molecule has 0 saturated heterocycles. The number of amides is 1. The topological polar surface area (TPSA) is 75.3 Å². The molecule has 0 radical (unpaired) electrons. The second kappa shape index (κ2) is 7.08. The third-order valence-electron chi connectivity index (χ3n) is 2.98. The molecule has 1 atom stereocenters. The van der Waals surface area contributed by atoms with E-state index in [9.17, 15) is 17.6 Å². The van der Waals surface area contributed by atoms with Crippen LogP contribution in [0.3, 0.4) is 0 Å². The summed E-state index contributed by atoms with van der Waals surface area (Å²) < 4.78 is 40.2. The number of para-hydroxylation sites is 1. The van der Waals surface area contributed by atoms with Crippen molar-refractivity contribution in [3.05, 3.63) is 59.4 Å². The lowest BCUT2D eigenvalue weighted by Crippen LogP contribution is -2.41. The molecule has 2 N–H and O–H groups in total. The van der Waals surface area contributed by atoms with Crippen LogP contribution in [-0.4, -0.2) is 20.4 Å². The standard InChI is InChI=1S/C15H14ClFN2O3S/c1-10(15(20)18-13-8-4-3-7-12(13)17)19-23(21,22)14-9-5-2-6-11(14)16/h2-10,19H,1H3,(H,18,20). The zero-order valence-electron chi connectivity index (χ0n) is 12.1. The smallest absolute Gasteiger partial charge is 0.242 e. The fourth-order valence-electron chi connectivity index (χ4n) is 1.82. The van der Waals surface area contributed by atoms with Gasteiger partial charge >= 0.3 is 0 Å². The van der Waals surface area contributed by atoms with Crippen molar-refractivity contribution in [3.8, 4) is 0 Å². The monoisotopic (exact) mass is 356 g/mol. The number of carbonyl (C=O) groups is 1. The Morgan fingerprint density at radius 1 is 1.13 bits per heavy atom. The molecule has 0 aliphatic carbocycles. The molecule has 2 aromatic rings. The number of halogens is 2. The molecule has 2 rings (SSSR count). The van der Waals surface area contributed by atoms with Crippen LogP contribution in [0.25, 0.3) is 0 Å². The van der Waals surface area contributed by atoms with Gasteiger partial charge in [0, 0.05) is 0 Å². The molecule has 0 fully saturated rings. The van der Waals surface area contributed by atoms with Gasteiger partial charge in [0.1, 0.15) is 10.7 Å². The van der Waals surface area contributed by atoms with E-state index in [0.29, 0.717) is 0 Å². The largest absolute Gasteiger partial charge is 0.322 e. The summed E-state index contributed by atoms with van der Waals surface area (Å²) in [7, 11) is -3.97. The number of hydrogen-bond acceptors (Lipinski definition) is 3. The molecule has 1 unspecified atom stereocenters. The van der Waals surface area contributed by atoms with Crippen LogP contribution >= 0.6 is 11.6 Å². The highest BCUT2D eigenvalue weighted by molar-refractivity contribution is 7.89. The van der Waals surface area contributed by atoms with Crippen molar-refractivity contribution in [2.45, 2.75) is 17.9 Å². The van der Waals surface area contributed by atoms with Crippen LogP contribution in [0.5, 0.6) is 0 Å². The van der Waals surface area contributed by atoms with Crippen molar-refractivity contribution < 1.29 is 17.6 Å². The molecule has 0 bridgehead atoms. The summed E-state index contributed by atoms with van der Waals surface area (Å²) >= 11 is 5.85. The second-order valence-electron chi connectivity index (χ2n) is 4.74. The Morgan fingerprint density at radius 3 is 2.39 bits per heavy atom. The van der Waals surface area contributed by atoms with Crippen molar-refractivity contribution in [3.63, 3.8) is 0 Å². The average molecular weight is 357 g/mol. The van der Waals surface area contributed by atoms with Crippen molar-refractivity contribution in [2.24, 2.45) is 0 Å². The number of carbonyl (C=O) groups excluding carboxylic acids is 1. The van der Waals surface area contributed by atoms with Gasteiger partial charge in [-0.15, -0.1) is 0 Å². The van der Waals surface area contributed by atoms with Gasteiger partial charge in [-0.2, -0.15) is 4.72 Å². The first-order valence-corrected chi connectivity index (χ1v) is 8.49. The molecule has 23 heavy (non-hydrogen) atoms. The highest BCUT2D eigenvalue weighted by Gasteiger charge is 2.24. The van der Waals surface area contributed by atoms with Gasteiger partial charge in [-0.05, 0) is 31.2 Å². The maximum Gasteiger partial charge on any atom is 0.242 e. The summed E-state index contributed by atoms with van der Waals surface area (Å²) in [6.45, 7) is 1.35. The average Bonchev–Trinajstić information content (AvgIpc) is 2.49. The van der Waals surface area contributed by atoms with E-state index in [0.717, 1.165) is 0 Å². The summed E-state index contributed by atoms with van der Waals surface area (Å²) in [5.74, 6) is -1.30. The first kappa shape index (κ1) is 17.4. The van der Waals surface area contributed by atoms with E-state index >= 15 is 0 Å². The molecule has 1 amide bonds. The third kappa shape index (κ3) is 4.28. The van der Waals surface area contributed by atoms with E-state index in [-0.39, 0.29) is 15.6 Å². The Labute approximate surface area is 138 Å². The highest BCUT2D eigenvalue weighted by Crippen LogP contribution is 2.20. The van der Waals surface area contributed by atoms with Crippen molar-refractivity contribution in [2.75, 3.05) is 5.32 Å². The van der Waals surface area contributed by atoms with Crippen molar-refractivity contribution in [1.82, 2.24) is 4.72 Å². The second-order valence-corrected chi connectivity index (χ2v) is 6.83. The fraction of sp³-hybridized carbons (Fsp3) is 0.133. The zero-order valence-corrected chi connectivity index (χ0v) is 13.7. The van der Waals surface area contributed by atoms with Crippen molar-refractivity contribution in [1.29, 1.82) is 0 Å². The molecule has 0 aromatic heterocycles. The van der Waals surface area contributed by atoms with Gasteiger partial charge in [0.15, 0.2) is 0 Å². The molecule has 2 aromatic carbocycles. The minimum Gasteiger partial charge on any atom is -0.322 e. The predicted octanol–water partition coefficient (Wildman–Crippen LogP) is 2.78. The Morgan fingerprint density at radius 2 is 1.74 bits per heavy atom. The first-order valence-electron chi connectivity index (χ1n) is 6.63. The Balaban J connectivity index is 2.12. The number of benzene rings is 2. The van der Waals surface area contributed by atoms with Gasteiger partial charge in [0.25, 0.3) is 0 Å². The molecule has 5 nitrogen and oxygen atoms in total. The van der Waals surface area contributed by atoms with Gasteiger partial charge in [0.05, 0.1) is 16.8 Å². The van der Waals surface area contributed by atoms with Crippen LogP contribution in [-0.2, 0) is 14.8 Å². The summed E-state index contributed by atoms with van der Waals surface area (Å²) in [4.78, 5) is 11.9. The van der Waals surface area contributed by atoms with E-state index in [2.05, 4.69) is 10.0 Å². The number of rotatable bonds is 5. The van der Waals surface area contributed by atoms with Crippen LogP contribution < -0.4 is 10.0 Å². The van der Waals surface area contributed by atoms with Crippen LogP contribution in [0.2, 0.25) is 5.02 Å². The SMILES string of the molecule is CC(NS(=O)(=O)c1ccccc1Cl)C(=O)Nc1ccccc1F. The third-order valence-corrected chi connectivity index (χ3v) is 5.02. The maximum atomic E-state index is 13.5. The number of hydrogen-bond donors (Lipinski definition) is 2.